The zero-order valence-electron chi connectivity index (χ0n) is 17.9. The molecule has 0 N–H and O–H groups in total. The van der Waals surface area contributed by atoms with Gasteiger partial charge in [0, 0.05) is 18.8 Å². The Morgan fingerprint density at radius 3 is 1.41 bits per heavy atom. The molecule has 0 aliphatic heterocycles. The van der Waals surface area contributed by atoms with Gasteiger partial charge in [0.15, 0.2) is 0 Å². The quantitative estimate of drug-likeness (QED) is 0.675. The van der Waals surface area contributed by atoms with E-state index in [9.17, 15) is 5.26 Å². The lowest BCUT2D eigenvalue weighted by Gasteiger charge is -2.39. The first-order valence-corrected chi connectivity index (χ1v) is 16.0. The van der Waals surface area contributed by atoms with Gasteiger partial charge >= 0.3 is 0 Å². The van der Waals surface area contributed by atoms with Crippen molar-refractivity contribution in [2.24, 2.45) is 0 Å². The average Bonchev–Trinajstić information content (AvgIpc) is 2.56. The highest BCUT2D eigenvalue weighted by Gasteiger charge is 2.52. The predicted octanol–water partition coefficient (Wildman–Crippen LogP) is 2.85. The van der Waals surface area contributed by atoms with Gasteiger partial charge in [-0.25, -0.2) is 5.26 Å². The van der Waals surface area contributed by atoms with Crippen molar-refractivity contribution in [2.45, 2.75) is 32.7 Å². The van der Waals surface area contributed by atoms with Crippen LogP contribution in [0.15, 0.2) is 48.5 Å². The van der Waals surface area contributed by atoms with E-state index in [1.807, 2.05) is 0 Å². The van der Waals surface area contributed by atoms with Crippen LogP contribution in [0, 0.1) is 11.0 Å². The molecule has 0 aromatic heterocycles. The molecule has 2 rings (SSSR count). The molecular weight excluding hydrogens is 362 g/mol. The molecule has 0 aliphatic carbocycles. The topological polar surface area (TPSA) is 30.3 Å². The fraction of sp³-hybridized carbons (Fsp3) is 0.409. The van der Waals surface area contributed by atoms with E-state index in [0.717, 1.165) is 13.1 Å². The van der Waals surface area contributed by atoms with Crippen LogP contribution in [0.2, 0.25) is 19.6 Å². The van der Waals surface area contributed by atoms with Gasteiger partial charge in [0.05, 0.1) is 7.59 Å². The van der Waals surface area contributed by atoms with Crippen LogP contribution in [0.1, 0.15) is 11.1 Å². The molecule has 27 heavy (non-hydrogen) atoms. The monoisotopic (exact) mass is 395 g/mol. The maximum Gasteiger partial charge on any atom is 0.223 e. The summed E-state index contributed by atoms with van der Waals surface area (Å²) < 4.78 is 0. The first-order valence-electron chi connectivity index (χ1n) is 9.51. The molecule has 3 nitrogen and oxygen atoms in total. The van der Waals surface area contributed by atoms with Gasteiger partial charge in [-0.05, 0) is 49.7 Å². The van der Waals surface area contributed by atoms with Gasteiger partial charge in [-0.15, -0.1) is 0 Å². The largest absolute Gasteiger partial charge is 0.305 e. The summed E-state index contributed by atoms with van der Waals surface area (Å²) in [5.74, 6) is 0. The van der Waals surface area contributed by atoms with E-state index in [0.29, 0.717) is 0 Å². The van der Waals surface area contributed by atoms with Crippen molar-refractivity contribution in [1.82, 2.24) is 9.80 Å². The van der Waals surface area contributed by atoms with Gasteiger partial charge in [0.1, 0.15) is 0 Å². The number of hydrogen-bond donors (Lipinski definition) is 0. The molecule has 0 unspecified atom stereocenters. The number of benzene rings is 2. The van der Waals surface area contributed by atoms with Crippen molar-refractivity contribution >= 4 is 25.6 Å². The lowest BCUT2D eigenvalue weighted by Crippen LogP contribution is -2.74. The Balaban J connectivity index is 2.85. The first kappa shape index (κ1) is 21.6. The Morgan fingerprint density at radius 2 is 1.11 bits per heavy atom. The first-order chi connectivity index (χ1) is 12.6. The fourth-order valence-corrected chi connectivity index (χ4v) is 15.8. The van der Waals surface area contributed by atoms with Crippen LogP contribution in [0.4, 0.5) is 0 Å². The van der Waals surface area contributed by atoms with Crippen LogP contribution in [-0.4, -0.2) is 53.2 Å². The molecule has 0 fully saturated rings. The predicted molar refractivity (Wildman–Crippen MR) is 122 cm³/mol. The average molecular weight is 396 g/mol. The molecule has 0 amide bonds. The number of nitrogens with zero attached hydrogens (tertiary/aromatic N) is 3. The van der Waals surface area contributed by atoms with Crippen molar-refractivity contribution in [2.75, 3.05) is 28.2 Å². The maximum atomic E-state index is 10.8. The third-order valence-corrected chi connectivity index (χ3v) is 19.0. The summed E-state index contributed by atoms with van der Waals surface area (Å²) in [6.07, 6.45) is 0. The van der Waals surface area contributed by atoms with Crippen molar-refractivity contribution in [1.29, 1.82) is 5.26 Å². The lowest BCUT2D eigenvalue weighted by atomic mass is 10.2. The Hall–Kier alpha value is -1.72. The molecule has 0 atom stereocenters. The number of rotatable bonds is 7. The van der Waals surface area contributed by atoms with E-state index in [-0.39, 0.29) is 0 Å². The molecule has 2 aromatic rings. The minimum absolute atomic E-state index is 0.868. The van der Waals surface area contributed by atoms with E-state index in [2.05, 4.69) is 112 Å². The molecule has 5 heteroatoms. The summed E-state index contributed by atoms with van der Waals surface area (Å²) in [5, 5.41) is 13.4. The third kappa shape index (κ3) is 4.41. The lowest BCUT2D eigenvalue weighted by molar-refractivity contribution is 0.403. The molecule has 0 aliphatic rings. The smallest absolute Gasteiger partial charge is 0.223 e. The standard InChI is InChI=1S/C22H33N3Si2/c1-24(2)16-19-12-8-10-14-21(19)27(18-23,26(5,6)7)22-15-11-9-13-20(22)17-25(3)4/h8-15H,16-17H2,1-7H3. The summed E-state index contributed by atoms with van der Waals surface area (Å²) in [7, 11) is 3.99. The van der Waals surface area contributed by atoms with Gasteiger partial charge in [0.25, 0.3) is 0 Å². The molecule has 2 aromatic carbocycles. The van der Waals surface area contributed by atoms with E-state index in [1.54, 1.807) is 0 Å². The highest BCUT2D eigenvalue weighted by atomic mass is 29.3. The van der Waals surface area contributed by atoms with E-state index in [4.69, 9.17) is 0 Å². The van der Waals surface area contributed by atoms with Crippen LogP contribution in [0.3, 0.4) is 0 Å². The number of nitriles is 1. The summed E-state index contributed by atoms with van der Waals surface area (Å²) in [4.78, 5) is 4.40. The molecule has 0 spiro atoms. The number of hydrogen-bond acceptors (Lipinski definition) is 3. The molecule has 0 saturated heterocycles. The summed E-state index contributed by atoms with van der Waals surface area (Å²) in [6.45, 7) is 8.86. The fourth-order valence-electron chi connectivity index (χ4n) is 3.97. The van der Waals surface area contributed by atoms with E-state index >= 15 is 0 Å². The van der Waals surface area contributed by atoms with Crippen LogP contribution in [0.25, 0.3) is 0 Å². The van der Waals surface area contributed by atoms with Crippen molar-refractivity contribution in [3.63, 3.8) is 0 Å². The highest BCUT2D eigenvalue weighted by Crippen LogP contribution is 2.23. The van der Waals surface area contributed by atoms with Gasteiger partial charge in [0.2, 0.25) is 7.59 Å². The second-order valence-corrected chi connectivity index (χ2v) is 23.0. The maximum absolute atomic E-state index is 10.8. The minimum atomic E-state index is -2.55. The highest BCUT2D eigenvalue weighted by molar-refractivity contribution is 7.54. The van der Waals surface area contributed by atoms with Gasteiger partial charge < -0.3 is 9.80 Å². The van der Waals surface area contributed by atoms with Gasteiger partial charge in [-0.1, -0.05) is 68.2 Å². The molecule has 0 saturated carbocycles. The van der Waals surface area contributed by atoms with Gasteiger partial charge in [-0.3, -0.25) is 0 Å². The van der Waals surface area contributed by atoms with E-state index < -0.39 is 15.2 Å². The second kappa shape index (κ2) is 8.53. The van der Waals surface area contributed by atoms with Crippen LogP contribution >= 0.6 is 0 Å². The minimum Gasteiger partial charge on any atom is -0.305 e. The molecule has 0 radical (unpaired) electrons. The Morgan fingerprint density at radius 1 is 0.741 bits per heavy atom. The Kier molecular flexibility index (Phi) is 6.82. The molecule has 0 bridgehead atoms. The molecular formula is C22H33N3Si2. The van der Waals surface area contributed by atoms with Gasteiger partial charge in [-0.2, -0.15) is 0 Å². The van der Waals surface area contributed by atoms with Crippen LogP contribution in [-0.2, 0) is 13.1 Å². The van der Waals surface area contributed by atoms with Crippen molar-refractivity contribution < 1.29 is 0 Å². The van der Waals surface area contributed by atoms with Crippen molar-refractivity contribution in [3.8, 4) is 5.69 Å². The summed E-state index contributed by atoms with van der Waals surface area (Å²) >= 11 is 0. The SMILES string of the molecule is CN(C)Cc1ccccc1[Si](C#N)(c1ccccc1CN(C)C)[Si](C)(C)C. The second-order valence-electron chi connectivity index (χ2n) is 8.90. The van der Waals surface area contributed by atoms with Crippen LogP contribution in [0.5, 0.6) is 0 Å². The normalized spacial score (nSPS) is 12.4. The van der Waals surface area contributed by atoms with Crippen LogP contribution < -0.4 is 10.4 Å². The summed E-state index contributed by atoms with van der Waals surface area (Å²) in [6, 6.07) is 17.3. The Labute approximate surface area is 167 Å². The zero-order valence-corrected chi connectivity index (χ0v) is 19.9. The molecule has 0 heterocycles. The van der Waals surface area contributed by atoms with Crippen molar-refractivity contribution in [3.05, 3.63) is 59.7 Å². The third-order valence-electron chi connectivity index (χ3n) is 5.11. The molecule has 144 valence electrons. The Bertz CT molecular complexity index is 763. The zero-order chi connectivity index (χ0) is 20.2. The van der Waals surface area contributed by atoms with E-state index in [1.165, 1.54) is 21.5 Å². The summed E-state index contributed by atoms with van der Waals surface area (Å²) in [5.41, 5.74) is 5.59.